The summed E-state index contributed by atoms with van der Waals surface area (Å²) in [5.41, 5.74) is 9.48. The van der Waals surface area contributed by atoms with Crippen molar-refractivity contribution in [1.29, 1.82) is 0 Å². The van der Waals surface area contributed by atoms with Crippen molar-refractivity contribution >= 4 is 71.2 Å². The molecule has 9 aromatic carbocycles. The van der Waals surface area contributed by atoms with Gasteiger partial charge in [0, 0.05) is 38.3 Å². The van der Waals surface area contributed by atoms with Crippen LogP contribution in [0.1, 0.15) is 0 Å². The van der Waals surface area contributed by atoms with Gasteiger partial charge < -0.3 is 9.47 Å². The highest BCUT2D eigenvalue weighted by molar-refractivity contribution is 6.22. The van der Waals surface area contributed by atoms with E-state index < -0.39 is 0 Å². The molecule has 0 unspecified atom stereocenters. The number of aromatic nitrogens is 1. The molecule has 10 rings (SSSR count). The van der Waals surface area contributed by atoms with Crippen LogP contribution in [-0.2, 0) is 0 Å². The molecular formula is C48H32N2. The van der Waals surface area contributed by atoms with Gasteiger partial charge in [0.1, 0.15) is 0 Å². The SMILES string of the molecule is c1ccc(-c2c3ccccc3c(N(c3ccccc3)c3ccc4c(c3)c3ccccc3n4-c3cccc4ccccc34)c3ccccc23)cc1. The van der Waals surface area contributed by atoms with Gasteiger partial charge in [0.2, 0.25) is 0 Å². The number of anilines is 3. The minimum Gasteiger partial charge on any atom is -0.309 e. The molecule has 0 bridgehead atoms. The molecule has 0 amide bonds. The minimum absolute atomic E-state index is 1.12. The van der Waals surface area contributed by atoms with Crippen molar-refractivity contribution in [2.75, 3.05) is 4.90 Å². The fourth-order valence-electron chi connectivity index (χ4n) is 8.01. The van der Waals surface area contributed by atoms with E-state index in [0.29, 0.717) is 0 Å². The summed E-state index contributed by atoms with van der Waals surface area (Å²) in [4.78, 5) is 2.46. The molecule has 0 aliphatic carbocycles. The van der Waals surface area contributed by atoms with Crippen LogP contribution in [0.25, 0.3) is 70.9 Å². The molecule has 234 valence electrons. The number of fused-ring (bicyclic) bond motifs is 6. The van der Waals surface area contributed by atoms with Crippen molar-refractivity contribution in [3.8, 4) is 16.8 Å². The van der Waals surface area contributed by atoms with Crippen LogP contribution in [0.5, 0.6) is 0 Å². The topological polar surface area (TPSA) is 8.17 Å². The normalized spacial score (nSPS) is 11.6. The lowest BCUT2D eigenvalue weighted by Crippen LogP contribution is -2.11. The number of nitrogens with zero attached hydrogens (tertiary/aromatic N) is 2. The van der Waals surface area contributed by atoms with Gasteiger partial charge in [-0.1, -0.05) is 152 Å². The largest absolute Gasteiger partial charge is 0.309 e. The van der Waals surface area contributed by atoms with Crippen LogP contribution in [0, 0.1) is 0 Å². The average molecular weight is 637 g/mol. The van der Waals surface area contributed by atoms with Crippen LogP contribution in [0.15, 0.2) is 194 Å². The van der Waals surface area contributed by atoms with Crippen molar-refractivity contribution in [3.63, 3.8) is 0 Å². The van der Waals surface area contributed by atoms with Crippen LogP contribution in [-0.4, -0.2) is 4.57 Å². The molecule has 0 atom stereocenters. The van der Waals surface area contributed by atoms with E-state index in [1.54, 1.807) is 0 Å². The molecule has 0 radical (unpaired) electrons. The van der Waals surface area contributed by atoms with E-state index in [1.807, 2.05) is 0 Å². The van der Waals surface area contributed by atoms with Gasteiger partial charge in [-0.25, -0.2) is 0 Å². The third kappa shape index (κ3) is 4.36. The minimum atomic E-state index is 1.12. The molecule has 10 aromatic rings. The van der Waals surface area contributed by atoms with Gasteiger partial charge >= 0.3 is 0 Å². The summed E-state index contributed by atoms with van der Waals surface area (Å²) < 4.78 is 2.43. The molecule has 2 nitrogen and oxygen atoms in total. The van der Waals surface area contributed by atoms with E-state index in [2.05, 4.69) is 204 Å². The van der Waals surface area contributed by atoms with Gasteiger partial charge in [-0.05, 0) is 69.8 Å². The Morgan fingerprint density at radius 3 is 1.60 bits per heavy atom. The summed E-state index contributed by atoms with van der Waals surface area (Å²) >= 11 is 0. The van der Waals surface area contributed by atoms with Crippen molar-refractivity contribution in [2.24, 2.45) is 0 Å². The maximum absolute atomic E-state index is 2.46. The molecule has 0 aliphatic heterocycles. The first kappa shape index (κ1) is 28.4. The smallest absolute Gasteiger partial charge is 0.0618 e. The Labute approximate surface area is 290 Å². The third-order valence-corrected chi connectivity index (χ3v) is 10.1. The predicted molar refractivity (Wildman–Crippen MR) is 213 cm³/mol. The van der Waals surface area contributed by atoms with Crippen LogP contribution in [0.4, 0.5) is 17.1 Å². The second-order valence-electron chi connectivity index (χ2n) is 12.9. The lowest BCUT2D eigenvalue weighted by atomic mass is 9.90. The molecular weight excluding hydrogens is 605 g/mol. The number of para-hydroxylation sites is 2. The fourth-order valence-corrected chi connectivity index (χ4v) is 8.01. The summed E-state index contributed by atoms with van der Waals surface area (Å²) in [6.07, 6.45) is 0. The number of hydrogen-bond donors (Lipinski definition) is 0. The molecule has 1 heterocycles. The number of benzene rings is 9. The molecule has 0 aliphatic rings. The zero-order valence-corrected chi connectivity index (χ0v) is 27.4. The van der Waals surface area contributed by atoms with Crippen molar-refractivity contribution < 1.29 is 0 Å². The Kier molecular flexibility index (Phi) is 6.53. The zero-order valence-electron chi connectivity index (χ0n) is 27.4. The zero-order chi connectivity index (χ0) is 33.0. The molecule has 0 N–H and O–H groups in total. The average Bonchev–Trinajstić information content (AvgIpc) is 3.52. The van der Waals surface area contributed by atoms with Crippen LogP contribution < -0.4 is 4.90 Å². The predicted octanol–water partition coefficient (Wildman–Crippen LogP) is 13.4. The standard InChI is InChI=1S/C48H32N2/c1-3-17-34(18-4-1)47-39-24-9-11-26-41(39)48(42-27-12-10-25-40(42)47)49(35-20-5-2-6-21-35)36-30-31-46-43(32-36)38-23-13-14-28-45(38)50(46)44-29-15-19-33-16-7-8-22-37(33)44/h1-32H. The first-order valence-corrected chi connectivity index (χ1v) is 17.2. The lowest BCUT2D eigenvalue weighted by molar-refractivity contribution is 1.20. The summed E-state index contributed by atoms with van der Waals surface area (Å²) in [6.45, 7) is 0. The first-order chi connectivity index (χ1) is 24.8. The second kappa shape index (κ2) is 11.5. The molecule has 0 saturated heterocycles. The lowest BCUT2D eigenvalue weighted by Gasteiger charge is -2.29. The van der Waals surface area contributed by atoms with Crippen molar-refractivity contribution in [1.82, 2.24) is 4.57 Å². The molecule has 0 spiro atoms. The van der Waals surface area contributed by atoms with Crippen LogP contribution in [0.2, 0.25) is 0 Å². The van der Waals surface area contributed by atoms with Gasteiger partial charge in [-0.3, -0.25) is 0 Å². The summed E-state index contributed by atoms with van der Waals surface area (Å²) in [5.74, 6) is 0. The van der Waals surface area contributed by atoms with Gasteiger partial charge in [0.05, 0.1) is 22.4 Å². The summed E-state index contributed by atoms with van der Waals surface area (Å²) in [5, 5.41) is 9.84. The highest BCUT2D eigenvalue weighted by Crippen LogP contribution is 2.49. The van der Waals surface area contributed by atoms with E-state index >= 15 is 0 Å². The Hall–Kier alpha value is -6.64. The molecule has 0 saturated carbocycles. The summed E-state index contributed by atoms with van der Waals surface area (Å²) in [6, 6.07) is 70.4. The van der Waals surface area contributed by atoms with E-state index in [1.165, 1.54) is 76.6 Å². The highest BCUT2D eigenvalue weighted by atomic mass is 15.1. The highest BCUT2D eigenvalue weighted by Gasteiger charge is 2.23. The van der Waals surface area contributed by atoms with E-state index in [0.717, 1.165) is 11.4 Å². The number of hydrogen-bond acceptors (Lipinski definition) is 1. The van der Waals surface area contributed by atoms with E-state index in [4.69, 9.17) is 0 Å². The van der Waals surface area contributed by atoms with E-state index in [9.17, 15) is 0 Å². The van der Waals surface area contributed by atoms with Crippen LogP contribution >= 0.6 is 0 Å². The van der Waals surface area contributed by atoms with E-state index in [-0.39, 0.29) is 0 Å². The van der Waals surface area contributed by atoms with Gasteiger partial charge in [0.15, 0.2) is 0 Å². The van der Waals surface area contributed by atoms with Gasteiger partial charge in [-0.15, -0.1) is 0 Å². The molecule has 1 aromatic heterocycles. The monoisotopic (exact) mass is 636 g/mol. The third-order valence-electron chi connectivity index (χ3n) is 10.1. The summed E-state index contributed by atoms with van der Waals surface area (Å²) in [7, 11) is 0. The molecule has 50 heavy (non-hydrogen) atoms. The quantitative estimate of drug-likeness (QED) is 0.171. The second-order valence-corrected chi connectivity index (χ2v) is 12.9. The first-order valence-electron chi connectivity index (χ1n) is 17.2. The Morgan fingerprint density at radius 1 is 0.340 bits per heavy atom. The van der Waals surface area contributed by atoms with Gasteiger partial charge in [-0.2, -0.15) is 0 Å². The Morgan fingerprint density at radius 2 is 0.880 bits per heavy atom. The Bertz CT molecular complexity index is 2800. The molecule has 0 fully saturated rings. The number of rotatable bonds is 5. The Balaban J connectivity index is 1.29. The van der Waals surface area contributed by atoms with Crippen molar-refractivity contribution in [3.05, 3.63) is 194 Å². The van der Waals surface area contributed by atoms with Gasteiger partial charge in [0.25, 0.3) is 0 Å². The molecule has 2 heteroatoms. The maximum Gasteiger partial charge on any atom is 0.0618 e. The maximum atomic E-state index is 2.46. The van der Waals surface area contributed by atoms with Crippen molar-refractivity contribution in [2.45, 2.75) is 0 Å². The van der Waals surface area contributed by atoms with Crippen LogP contribution in [0.3, 0.4) is 0 Å². The fraction of sp³-hybridized carbons (Fsp3) is 0.